The summed E-state index contributed by atoms with van der Waals surface area (Å²) >= 11 is 0. The molecule has 9 unspecified atom stereocenters. The zero-order chi connectivity index (χ0) is 15.7. The summed E-state index contributed by atoms with van der Waals surface area (Å²) in [5, 5.41) is 57.4. The molecule has 10 nitrogen and oxygen atoms in total. The van der Waals surface area contributed by atoms with Gasteiger partial charge in [0.1, 0.15) is 36.6 Å². The summed E-state index contributed by atoms with van der Waals surface area (Å²) in [6.45, 7) is -0.843. The van der Waals surface area contributed by atoms with E-state index in [1.54, 1.807) is 0 Å². The molecule has 0 spiro atoms. The molecule has 2 heterocycles. The van der Waals surface area contributed by atoms with Gasteiger partial charge in [-0.05, 0) is 0 Å². The van der Waals surface area contributed by atoms with Gasteiger partial charge in [0.25, 0.3) is 0 Å². The highest BCUT2D eigenvalue weighted by Crippen LogP contribution is 2.25. The molecule has 2 aliphatic heterocycles. The van der Waals surface area contributed by atoms with Gasteiger partial charge in [-0.2, -0.15) is 0 Å². The predicted molar refractivity (Wildman–Crippen MR) is 64.6 cm³/mol. The van der Waals surface area contributed by atoms with E-state index in [0.29, 0.717) is 0 Å². The van der Waals surface area contributed by atoms with Crippen LogP contribution in [0.1, 0.15) is 0 Å². The first-order valence-corrected chi connectivity index (χ1v) is 6.56. The third-order valence-electron chi connectivity index (χ3n) is 3.67. The first kappa shape index (κ1) is 17.0. The van der Waals surface area contributed by atoms with Crippen LogP contribution in [-0.2, 0) is 14.2 Å². The Kier molecular flexibility index (Phi) is 5.48. The van der Waals surface area contributed by atoms with Crippen LogP contribution in [-0.4, -0.2) is 99.1 Å². The molecule has 9 atom stereocenters. The minimum absolute atomic E-state index is 0.273. The van der Waals surface area contributed by atoms with Crippen molar-refractivity contribution in [2.75, 3.05) is 13.2 Å². The van der Waals surface area contributed by atoms with Crippen LogP contribution >= 0.6 is 0 Å². The molecular formula is C11H21NO9. The maximum absolute atomic E-state index is 9.99. The van der Waals surface area contributed by atoms with Crippen molar-refractivity contribution in [3.05, 3.63) is 0 Å². The summed E-state index contributed by atoms with van der Waals surface area (Å²) < 4.78 is 15.4. The van der Waals surface area contributed by atoms with Crippen molar-refractivity contribution >= 4 is 0 Å². The molecule has 2 saturated heterocycles. The molecule has 21 heavy (non-hydrogen) atoms. The maximum Gasteiger partial charge on any atom is 0.186 e. The van der Waals surface area contributed by atoms with Gasteiger partial charge in [-0.1, -0.05) is 0 Å². The fourth-order valence-electron chi connectivity index (χ4n) is 2.32. The maximum atomic E-state index is 9.99. The van der Waals surface area contributed by atoms with Gasteiger partial charge in [-0.15, -0.1) is 0 Å². The van der Waals surface area contributed by atoms with Crippen molar-refractivity contribution in [1.29, 1.82) is 0 Å². The SMILES string of the molecule is NC1C(O)OC(CO)C(OC2OCC(O)C(O)C2O)C1O. The highest BCUT2D eigenvalue weighted by Gasteiger charge is 2.47. The molecule has 0 saturated carbocycles. The second kappa shape index (κ2) is 6.79. The number of rotatable bonds is 3. The van der Waals surface area contributed by atoms with E-state index in [1.807, 2.05) is 0 Å². The van der Waals surface area contributed by atoms with Crippen LogP contribution < -0.4 is 5.73 Å². The average molecular weight is 311 g/mol. The minimum atomic E-state index is -1.55. The van der Waals surface area contributed by atoms with Crippen molar-refractivity contribution in [2.45, 2.75) is 55.2 Å². The second-order valence-electron chi connectivity index (χ2n) is 5.17. The van der Waals surface area contributed by atoms with Crippen LogP contribution in [0.15, 0.2) is 0 Å². The van der Waals surface area contributed by atoms with E-state index >= 15 is 0 Å². The summed E-state index contributed by atoms with van der Waals surface area (Å²) in [4.78, 5) is 0. The summed E-state index contributed by atoms with van der Waals surface area (Å²) in [5.74, 6) is 0. The standard InChI is InChI=1S/C11H21NO9/c12-5-7(16)9(4(1-13)20-10(5)18)21-11-8(17)6(15)3(14)2-19-11/h3-11,13-18H,1-2,12H2. The van der Waals surface area contributed by atoms with Crippen LogP contribution in [0.5, 0.6) is 0 Å². The third kappa shape index (κ3) is 3.35. The second-order valence-corrected chi connectivity index (χ2v) is 5.17. The molecule has 10 heteroatoms. The van der Waals surface area contributed by atoms with Crippen LogP contribution in [0.25, 0.3) is 0 Å². The summed E-state index contributed by atoms with van der Waals surface area (Å²) in [5.41, 5.74) is 5.54. The number of hydrogen-bond acceptors (Lipinski definition) is 10. The highest BCUT2D eigenvalue weighted by atomic mass is 16.7. The molecule has 0 aromatic heterocycles. The van der Waals surface area contributed by atoms with Crippen LogP contribution in [0.4, 0.5) is 0 Å². The fourth-order valence-corrected chi connectivity index (χ4v) is 2.32. The predicted octanol–water partition coefficient (Wildman–Crippen LogP) is -4.79. The van der Waals surface area contributed by atoms with E-state index in [2.05, 4.69) is 0 Å². The lowest BCUT2D eigenvalue weighted by Crippen LogP contribution is -2.65. The molecule has 2 fully saturated rings. The molecule has 8 N–H and O–H groups in total. The van der Waals surface area contributed by atoms with E-state index in [-0.39, 0.29) is 6.61 Å². The molecule has 0 aromatic carbocycles. The minimum Gasteiger partial charge on any atom is -0.394 e. The Hall–Kier alpha value is -0.400. The fraction of sp³-hybridized carbons (Fsp3) is 1.00. The Morgan fingerprint density at radius 2 is 1.71 bits per heavy atom. The number of aliphatic hydroxyl groups is 6. The number of aliphatic hydroxyl groups excluding tert-OH is 6. The van der Waals surface area contributed by atoms with Gasteiger partial charge in [-0.3, -0.25) is 0 Å². The first-order chi connectivity index (χ1) is 9.86. The smallest absolute Gasteiger partial charge is 0.186 e. The van der Waals surface area contributed by atoms with Crippen molar-refractivity contribution in [1.82, 2.24) is 0 Å². The topological polar surface area (TPSA) is 175 Å². The largest absolute Gasteiger partial charge is 0.394 e. The van der Waals surface area contributed by atoms with Crippen LogP contribution in [0.2, 0.25) is 0 Å². The van der Waals surface area contributed by atoms with Gasteiger partial charge >= 0.3 is 0 Å². The van der Waals surface area contributed by atoms with Crippen molar-refractivity contribution in [3.63, 3.8) is 0 Å². The lowest BCUT2D eigenvalue weighted by molar-refractivity contribution is -0.327. The quantitative estimate of drug-likeness (QED) is 0.268. The zero-order valence-electron chi connectivity index (χ0n) is 11.1. The highest BCUT2D eigenvalue weighted by molar-refractivity contribution is 4.93. The van der Waals surface area contributed by atoms with Gasteiger partial charge in [0.15, 0.2) is 12.6 Å². The van der Waals surface area contributed by atoms with Crippen molar-refractivity contribution < 1.29 is 44.8 Å². The zero-order valence-corrected chi connectivity index (χ0v) is 11.1. The molecular weight excluding hydrogens is 290 g/mol. The van der Waals surface area contributed by atoms with Gasteiger partial charge < -0.3 is 50.6 Å². The van der Waals surface area contributed by atoms with E-state index in [0.717, 1.165) is 0 Å². The normalized spacial score (nSPS) is 51.9. The summed E-state index contributed by atoms with van der Waals surface area (Å²) in [6, 6.07) is -1.17. The Morgan fingerprint density at radius 1 is 1.05 bits per heavy atom. The van der Waals surface area contributed by atoms with E-state index in [9.17, 15) is 30.6 Å². The van der Waals surface area contributed by atoms with Gasteiger partial charge in [0.05, 0.1) is 19.3 Å². The lowest BCUT2D eigenvalue weighted by Gasteiger charge is -2.44. The molecule has 0 aliphatic carbocycles. The Balaban J connectivity index is 2.05. The molecule has 0 radical (unpaired) electrons. The third-order valence-corrected chi connectivity index (χ3v) is 3.67. The molecule has 0 aromatic rings. The molecule has 0 amide bonds. The number of nitrogens with two attached hydrogens (primary N) is 1. The van der Waals surface area contributed by atoms with E-state index < -0.39 is 61.9 Å². The molecule has 124 valence electrons. The number of hydrogen-bond donors (Lipinski definition) is 7. The van der Waals surface area contributed by atoms with Crippen molar-refractivity contribution in [3.8, 4) is 0 Å². The van der Waals surface area contributed by atoms with Gasteiger partial charge in [-0.25, -0.2) is 0 Å². The molecule has 2 aliphatic rings. The van der Waals surface area contributed by atoms with Crippen LogP contribution in [0.3, 0.4) is 0 Å². The Morgan fingerprint density at radius 3 is 2.33 bits per heavy atom. The van der Waals surface area contributed by atoms with Gasteiger partial charge in [0, 0.05) is 0 Å². The first-order valence-electron chi connectivity index (χ1n) is 6.56. The average Bonchev–Trinajstić information content (AvgIpc) is 2.47. The summed E-state index contributed by atoms with van der Waals surface area (Å²) in [7, 11) is 0. The van der Waals surface area contributed by atoms with E-state index in [1.165, 1.54) is 0 Å². The van der Waals surface area contributed by atoms with E-state index in [4.69, 9.17) is 19.9 Å². The number of ether oxygens (including phenoxy) is 3. The Bertz CT molecular complexity index is 344. The monoisotopic (exact) mass is 311 g/mol. The Labute approximate surface area is 120 Å². The van der Waals surface area contributed by atoms with Crippen molar-refractivity contribution in [2.24, 2.45) is 5.73 Å². The summed E-state index contributed by atoms with van der Waals surface area (Å²) in [6.07, 6.45) is -10.8. The van der Waals surface area contributed by atoms with Gasteiger partial charge in [0.2, 0.25) is 0 Å². The molecule has 0 bridgehead atoms. The molecule has 2 rings (SSSR count). The van der Waals surface area contributed by atoms with Crippen LogP contribution in [0, 0.1) is 0 Å². The lowest BCUT2D eigenvalue weighted by atomic mass is 9.97.